The number of hydrogen-bond donors (Lipinski definition) is 1. The molecule has 0 heterocycles. The molecular weight excluding hydrogens is 287 g/mol. The Bertz CT molecular complexity index is 456. The monoisotopic (exact) mass is 298 g/mol. The number of rotatable bonds is 4. The van der Waals surface area contributed by atoms with Crippen molar-refractivity contribution in [1.82, 2.24) is 5.32 Å². The predicted octanol–water partition coefficient (Wildman–Crippen LogP) is 3.01. The van der Waals surface area contributed by atoms with Crippen LogP contribution in [0.4, 0.5) is 4.39 Å². The second-order valence-corrected chi connectivity index (χ2v) is 4.42. The molecule has 0 saturated heterocycles. The van der Waals surface area contributed by atoms with Crippen LogP contribution in [0.5, 0.6) is 0 Å². The van der Waals surface area contributed by atoms with Crippen molar-refractivity contribution in [2.24, 2.45) is 0 Å². The van der Waals surface area contributed by atoms with Crippen molar-refractivity contribution in [3.05, 3.63) is 34.1 Å². The van der Waals surface area contributed by atoms with Gasteiger partial charge in [0.15, 0.2) is 0 Å². The minimum atomic E-state index is -0.539. The molecule has 0 fully saturated rings. The summed E-state index contributed by atoms with van der Waals surface area (Å²) in [7, 11) is 0. The summed E-state index contributed by atoms with van der Waals surface area (Å²) < 4.78 is 13.5. The Kier molecular flexibility index (Phi) is 5.11. The van der Waals surface area contributed by atoms with Crippen LogP contribution in [-0.4, -0.2) is 11.9 Å². The largest absolute Gasteiger partial charge is 0.336 e. The molecule has 1 aromatic rings. The third-order valence-electron chi connectivity index (χ3n) is 2.21. The van der Waals surface area contributed by atoms with Crippen LogP contribution in [0.25, 0.3) is 0 Å². The summed E-state index contributed by atoms with van der Waals surface area (Å²) in [5.41, 5.74) is 0.196. The van der Waals surface area contributed by atoms with Crippen molar-refractivity contribution in [3.63, 3.8) is 0 Å². The van der Waals surface area contributed by atoms with Gasteiger partial charge in [-0.25, -0.2) is 4.39 Å². The Morgan fingerprint density at radius 2 is 2.35 bits per heavy atom. The molecule has 0 aromatic heterocycles. The molecule has 0 aliphatic carbocycles. The van der Waals surface area contributed by atoms with Gasteiger partial charge < -0.3 is 5.32 Å². The molecule has 0 bridgehead atoms. The number of nitriles is 1. The van der Waals surface area contributed by atoms with Crippen molar-refractivity contribution in [2.45, 2.75) is 25.8 Å². The number of carbonyl (C=O) groups is 1. The van der Waals surface area contributed by atoms with Crippen LogP contribution in [0.2, 0.25) is 0 Å². The Labute approximate surface area is 108 Å². The number of nitrogens with zero attached hydrogens (tertiary/aromatic N) is 1. The second kappa shape index (κ2) is 6.36. The Morgan fingerprint density at radius 1 is 1.65 bits per heavy atom. The predicted molar refractivity (Wildman–Crippen MR) is 65.9 cm³/mol. The zero-order valence-electron chi connectivity index (χ0n) is 9.34. The molecule has 1 amide bonds. The molecule has 1 aromatic carbocycles. The molecule has 0 spiro atoms. The smallest absolute Gasteiger partial charge is 0.253 e. The van der Waals surface area contributed by atoms with Crippen molar-refractivity contribution >= 4 is 21.8 Å². The Morgan fingerprint density at radius 3 is 2.94 bits per heavy atom. The van der Waals surface area contributed by atoms with Crippen molar-refractivity contribution in [2.75, 3.05) is 0 Å². The van der Waals surface area contributed by atoms with E-state index < -0.39 is 17.8 Å². The lowest BCUT2D eigenvalue weighted by Gasteiger charge is -2.11. The summed E-state index contributed by atoms with van der Waals surface area (Å²) in [6.07, 6.45) is 1.37. The van der Waals surface area contributed by atoms with E-state index in [-0.39, 0.29) is 5.56 Å². The molecule has 0 saturated carbocycles. The van der Waals surface area contributed by atoms with Gasteiger partial charge in [-0.2, -0.15) is 5.26 Å². The molecule has 90 valence electrons. The summed E-state index contributed by atoms with van der Waals surface area (Å²) in [4.78, 5) is 11.8. The van der Waals surface area contributed by atoms with Crippen LogP contribution in [0.3, 0.4) is 0 Å². The normalized spacial score (nSPS) is 11.6. The number of benzene rings is 1. The average molecular weight is 299 g/mol. The molecule has 5 heteroatoms. The van der Waals surface area contributed by atoms with E-state index >= 15 is 0 Å². The van der Waals surface area contributed by atoms with E-state index in [0.717, 1.165) is 12.5 Å². The van der Waals surface area contributed by atoms with E-state index in [0.29, 0.717) is 10.9 Å². The highest BCUT2D eigenvalue weighted by atomic mass is 79.9. The lowest BCUT2D eigenvalue weighted by Crippen LogP contribution is -2.33. The quantitative estimate of drug-likeness (QED) is 0.929. The maximum absolute atomic E-state index is 13.0. The van der Waals surface area contributed by atoms with Crippen LogP contribution >= 0.6 is 15.9 Å². The second-order valence-electron chi connectivity index (χ2n) is 3.57. The molecule has 1 atom stereocenters. The van der Waals surface area contributed by atoms with Gasteiger partial charge in [0.25, 0.3) is 5.91 Å². The minimum Gasteiger partial charge on any atom is -0.336 e. The van der Waals surface area contributed by atoms with E-state index in [4.69, 9.17) is 5.26 Å². The third-order valence-corrected chi connectivity index (χ3v) is 2.90. The minimum absolute atomic E-state index is 0.196. The van der Waals surface area contributed by atoms with Crippen molar-refractivity contribution < 1.29 is 9.18 Å². The molecule has 0 aliphatic heterocycles. The van der Waals surface area contributed by atoms with Crippen LogP contribution in [0.15, 0.2) is 22.7 Å². The van der Waals surface area contributed by atoms with Crippen molar-refractivity contribution in [1.29, 1.82) is 5.26 Å². The van der Waals surface area contributed by atoms with Gasteiger partial charge in [-0.3, -0.25) is 4.79 Å². The molecule has 1 N–H and O–H groups in total. The first-order valence-corrected chi connectivity index (χ1v) is 6.03. The molecule has 1 unspecified atom stereocenters. The van der Waals surface area contributed by atoms with Gasteiger partial charge in [0.2, 0.25) is 0 Å². The SMILES string of the molecule is CCCC(C#N)NC(=O)c1cc(F)ccc1Br. The summed E-state index contributed by atoms with van der Waals surface area (Å²) in [6.45, 7) is 1.93. The first kappa shape index (κ1) is 13.7. The van der Waals surface area contributed by atoms with Crippen molar-refractivity contribution in [3.8, 4) is 6.07 Å². The molecule has 17 heavy (non-hydrogen) atoms. The Hall–Kier alpha value is -1.41. The van der Waals surface area contributed by atoms with Crippen LogP contribution in [0, 0.1) is 17.1 Å². The van der Waals surface area contributed by atoms with Gasteiger partial charge in [0.1, 0.15) is 11.9 Å². The topological polar surface area (TPSA) is 52.9 Å². The fraction of sp³-hybridized carbons (Fsp3) is 0.333. The number of halogens is 2. The van der Waals surface area contributed by atoms with Gasteiger partial charge in [-0.15, -0.1) is 0 Å². The van der Waals surface area contributed by atoms with Gasteiger partial charge in [0.05, 0.1) is 11.6 Å². The van der Waals surface area contributed by atoms with E-state index in [2.05, 4.69) is 21.2 Å². The van der Waals surface area contributed by atoms with E-state index in [1.807, 2.05) is 13.0 Å². The lowest BCUT2D eigenvalue weighted by molar-refractivity contribution is 0.0942. The lowest BCUT2D eigenvalue weighted by atomic mass is 10.1. The number of nitrogens with one attached hydrogen (secondary N) is 1. The number of carbonyl (C=O) groups excluding carboxylic acids is 1. The van der Waals surface area contributed by atoms with E-state index in [1.54, 1.807) is 0 Å². The number of hydrogen-bond acceptors (Lipinski definition) is 2. The summed E-state index contributed by atoms with van der Waals surface area (Å²) in [6, 6.07) is 5.32. The zero-order valence-corrected chi connectivity index (χ0v) is 10.9. The first-order valence-electron chi connectivity index (χ1n) is 5.24. The number of amides is 1. The maximum Gasteiger partial charge on any atom is 0.253 e. The van der Waals surface area contributed by atoms with E-state index in [1.165, 1.54) is 12.1 Å². The summed E-state index contributed by atoms with van der Waals surface area (Å²) >= 11 is 3.17. The summed E-state index contributed by atoms with van der Waals surface area (Å²) in [5.74, 6) is -0.932. The zero-order chi connectivity index (χ0) is 12.8. The van der Waals surface area contributed by atoms with Crippen LogP contribution in [-0.2, 0) is 0 Å². The highest BCUT2D eigenvalue weighted by molar-refractivity contribution is 9.10. The van der Waals surface area contributed by atoms with Gasteiger partial charge in [-0.05, 0) is 40.5 Å². The van der Waals surface area contributed by atoms with E-state index in [9.17, 15) is 9.18 Å². The van der Waals surface area contributed by atoms with Crippen LogP contribution < -0.4 is 5.32 Å². The third kappa shape index (κ3) is 3.82. The Balaban J connectivity index is 2.83. The maximum atomic E-state index is 13.0. The standard InChI is InChI=1S/C12H12BrFN2O/c1-2-3-9(7-15)16-12(17)10-6-8(14)4-5-11(10)13/h4-6,9H,2-3H2,1H3,(H,16,17). The fourth-order valence-corrected chi connectivity index (χ4v) is 1.79. The van der Waals surface area contributed by atoms with Crippen LogP contribution in [0.1, 0.15) is 30.1 Å². The molecule has 0 aliphatic rings. The summed E-state index contributed by atoms with van der Waals surface area (Å²) in [5, 5.41) is 11.4. The molecule has 1 rings (SSSR count). The molecular formula is C12H12BrFN2O. The van der Waals surface area contributed by atoms with Gasteiger partial charge in [0, 0.05) is 4.47 Å². The van der Waals surface area contributed by atoms with Gasteiger partial charge >= 0.3 is 0 Å². The average Bonchev–Trinajstić information content (AvgIpc) is 2.31. The van der Waals surface area contributed by atoms with Gasteiger partial charge in [-0.1, -0.05) is 13.3 Å². The molecule has 3 nitrogen and oxygen atoms in total. The fourth-order valence-electron chi connectivity index (χ4n) is 1.37. The highest BCUT2D eigenvalue weighted by Crippen LogP contribution is 2.17. The molecule has 0 radical (unpaired) electrons. The first-order chi connectivity index (χ1) is 8.08. The highest BCUT2D eigenvalue weighted by Gasteiger charge is 2.15.